The van der Waals surface area contributed by atoms with Gasteiger partial charge in [-0.2, -0.15) is 0 Å². The lowest BCUT2D eigenvalue weighted by molar-refractivity contribution is 0.591. The van der Waals surface area contributed by atoms with Gasteiger partial charge in [-0.05, 0) is 40.1 Å². The minimum Gasteiger partial charge on any atom is -0.455 e. The number of pyridine rings is 1. The van der Waals surface area contributed by atoms with Crippen molar-refractivity contribution >= 4 is 49.3 Å². The molecule has 0 saturated carbocycles. The van der Waals surface area contributed by atoms with Gasteiger partial charge in [0.05, 0.1) is 5.52 Å². The molecule has 0 spiro atoms. The van der Waals surface area contributed by atoms with E-state index in [9.17, 15) is 0 Å². The Bertz CT molecular complexity index is 2250. The van der Waals surface area contributed by atoms with Gasteiger partial charge in [-0.15, -0.1) is 10.2 Å². The molecule has 4 nitrogen and oxygen atoms in total. The number of furan rings is 1. The summed E-state index contributed by atoms with van der Waals surface area (Å²) in [5, 5.41) is 15.2. The van der Waals surface area contributed by atoms with Crippen LogP contribution in [0.25, 0.3) is 71.8 Å². The molecule has 0 N–H and O–H groups in total. The number of para-hydroxylation sites is 2. The number of aromatic nitrogens is 3. The van der Waals surface area contributed by atoms with Crippen molar-refractivity contribution in [2.45, 2.75) is 26.2 Å². The second kappa shape index (κ2) is 8.27. The molecule has 8 aromatic rings. The molecule has 0 radical (unpaired) electrons. The molecule has 3 heterocycles. The van der Waals surface area contributed by atoms with Gasteiger partial charge in [0.15, 0.2) is 11.5 Å². The van der Waals surface area contributed by atoms with Gasteiger partial charge in [-0.1, -0.05) is 112 Å². The molecule has 0 atom stereocenters. The molecule has 8 rings (SSSR count). The summed E-state index contributed by atoms with van der Waals surface area (Å²) in [5.41, 5.74) is 8.37. The fourth-order valence-electron chi connectivity index (χ4n) is 5.97. The van der Waals surface area contributed by atoms with E-state index in [1.54, 1.807) is 0 Å². The van der Waals surface area contributed by atoms with E-state index in [2.05, 4.69) is 127 Å². The van der Waals surface area contributed by atoms with Crippen LogP contribution in [0.4, 0.5) is 0 Å². The standard InChI is InChI=1S/C36H27N3O/c1-36(2,3)24-19-20-31-30(21-24)26-9-4-5-11-29(26)35-38-37-34(39(31)35)23-17-15-22(16-18-23)25-12-8-13-28-27-10-6-7-14-32(27)40-33(25)28/h4-21H,1-3H3. The van der Waals surface area contributed by atoms with E-state index < -0.39 is 0 Å². The van der Waals surface area contributed by atoms with Gasteiger partial charge < -0.3 is 4.42 Å². The zero-order chi connectivity index (χ0) is 27.0. The molecule has 0 aliphatic heterocycles. The monoisotopic (exact) mass is 517 g/mol. The van der Waals surface area contributed by atoms with E-state index in [1.165, 1.54) is 16.3 Å². The van der Waals surface area contributed by atoms with Gasteiger partial charge in [0.2, 0.25) is 0 Å². The quantitative estimate of drug-likeness (QED) is 0.214. The number of rotatable bonds is 2. The lowest BCUT2D eigenvalue weighted by Crippen LogP contribution is -2.11. The summed E-state index contributed by atoms with van der Waals surface area (Å²) in [6, 6.07) is 38.4. The molecule has 0 aliphatic carbocycles. The van der Waals surface area contributed by atoms with E-state index in [4.69, 9.17) is 9.52 Å². The molecule has 192 valence electrons. The molecule has 0 unspecified atom stereocenters. The van der Waals surface area contributed by atoms with Crippen LogP contribution in [-0.4, -0.2) is 14.6 Å². The van der Waals surface area contributed by atoms with Gasteiger partial charge in [0.1, 0.15) is 11.2 Å². The highest BCUT2D eigenvalue weighted by Gasteiger charge is 2.19. The minimum atomic E-state index is 0.0544. The van der Waals surface area contributed by atoms with E-state index in [-0.39, 0.29) is 5.41 Å². The zero-order valence-electron chi connectivity index (χ0n) is 22.6. The molecule has 0 saturated heterocycles. The van der Waals surface area contributed by atoms with Crippen molar-refractivity contribution in [3.05, 3.63) is 115 Å². The van der Waals surface area contributed by atoms with Crippen LogP contribution in [0.1, 0.15) is 26.3 Å². The van der Waals surface area contributed by atoms with Crippen LogP contribution in [0, 0.1) is 0 Å². The minimum absolute atomic E-state index is 0.0544. The summed E-state index contributed by atoms with van der Waals surface area (Å²) >= 11 is 0. The van der Waals surface area contributed by atoms with E-state index >= 15 is 0 Å². The fourth-order valence-corrected chi connectivity index (χ4v) is 5.97. The Labute approximate surface area is 231 Å². The maximum atomic E-state index is 6.29. The molecule has 0 bridgehead atoms. The third kappa shape index (κ3) is 3.32. The topological polar surface area (TPSA) is 43.3 Å². The van der Waals surface area contributed by atoms with Crippen molar-refractivity contribution in [3.63, 3.8) is 0 Å². The van der Waals surface area contributed by atoms with Crippen molar-refractivity contribution < 1.29 is 4.42 Å². The van der Waals surface area contributed by atoms with Gasteiger partial charge >= 0.3 is 0 Å². The number of nitrogens with zero attached hydrogens (tertiary/aromatic N) is 3. The molecular weight excluding hydrogens is 490 g/mol. The molecule has 40 heavy (non-hydrogen) atoms. The predicted octanol–water partition coefficient (Wildman–Crippen LogP) is 9.57. The average Bonchev–Trinajstić information content (AvgIpc) is 3.59. The van der Waals surface area contributed by atoms with E-state index in [0.29, 0.717) is 0 Å². The molecule has 3 aromatic heterocycles. The number of benzene rings is 5. The highest BCUT2D eigenvalue weighted by Crippen LogP contribution is 2.38. The molecule has 0 aliphatic rings. The Kier molecular flexibility index (Phi) is 4.75. The molecule has 0 amide bonds. The zero-order valence-corrected chi connectivity index (χ0v) is 22.6. The smallest absolute Gasteiger partial charge is 0.169 e. The summed E-state index contributed by atoms with van der Waals surface area (Å²) in [6.07, 6.45) is 0. The average molecular weight is 518 g/mol. The lowest BCUT2D eigenvalue weighted by atomic mass is 9.86. The predicted molar refractivity (Wildman–Crippen MR) is 165 cm³/mol. The fraction of sp³-hybridized carbons (Fsp3) is 0.111. The van der Waals surface area contributed by atoms with Crippen molar-refractivity contribution in [2.75, 3.05) is 0 Å². The number of hydrogen-bond acceptors (Lipinski definition) is 3. The van der Waals surface area contributed by atoms with Crippen LogP contribution in [0.3, 0.4) is 0 Å². The van der Waals surface area contributed by atoms with Gasteiger partial charge in [-0.25, -0.2) is 0 Å². The first-order valence-corrected chi connectivity index (χ1v) is 13.7. The Morgan fingerprint density at radius 2 is 1.30 bits per heavy atom. The lowest BCUT2D eigenvalue weighted by Gasteiger charge is -2.20. The van der Waals surface area contributed by atoms with Crippen LogP contribution in [0.15, 0.2) is 114 Å². The summed E-state index contributed by atoms with van der Waals surface area (Å²) in [7, 11) is 0. The summed E-state index contributed by atoms with van der Waals surface area (Å²) in [4.78, 5) is 0. The van der Waals surface area contributed by atoms with Gasteiger partial charge in [-0.3, -0.25) is 4.40 Å². The Morgan fingerprint density at radius 1 is 0.600 bits per heavy atom. The molecule has 5 aromatic carbocycles. The third-order valence-corrected chi connectivity index (χ3v) is 8.08. The van der Waals surface area contributed by atoms with E-state index in [0.717, 1.165) is 61.0 Å². The van der Waals surface area contributed by atoms with E-state index in [1.807, 2.05) is 12.1 Å². The third-order valence-electron chi connectivity index (χ3n) is 8.08. The van der Waals surface area contributed by atoms with Crippen LogP contribution < -0.4 is 0 Å². The van der Waals surface area contributed by atoms with Crippen molar-refractivity contribution in [1.82, 2.24) is 14.6 Å². The maximum Gasteiger partial charge on any atom is 0.169 e. The van der Waals surface area contributed by atoms with Crippen molar-refractivity contribution in [2.24, 2.45) is 0 Å². The summed E-state index contributed by atoms with van der Waals surface area (Å²) < 4.78 is 8.50. The highest BCUT2D eigenvalue weighted by atomic mass is 16.3. The normalized spacial score (nSPS) is 12.4. The SMILES string of the molecule is CC(C)(C)c1ccc2c(c1)c1ccccc1c1nnc(-c3ccc(-c4cccc5c4oc4ccccc45)cc3)n21. The summed E-state index contributed by atoms with van der Waals surface area (Å²) in [6.45, 7) is 6.77. The molecule has 0 fully saturated rings. The Morgan fingerprint density at radius 3 is 2.10 bits per heavy atom. The first-order valence-electron chi connectivity index (χ1n) is 13.7. The van der Waals surface area contributed by atoms with Crippen LogP contribution >= 0.6 is 0 Å². The number of hydrogen-bond donors (Lipinski definition) is 0. The summed E-state index contributed by atoms with van der Waals surface area (Å²) in [5.74, 6) is 0.836. The molecule has 4 heteroatoms. The maximum absolute atomic E-state index is 6.29. The highest BCUT2D eigenvalue weighted by molar-refractivity contribution is 6.12. The Hall–Kier alpha value is -4.96. The van der Waals surface area contributed by atoms with Crippen LogP contribution in [0.5, 0.6) is 0 Å². The molecular formula is C36H27N3O. The second-order valence-electron chi connectivity index (χ2n) is 11.6. The Balaban J connectivity index is 1.32. The van der Waals surface area contributed by atoms with Gasteiger partial charge in [0, 0.05) is 32.7 Å². The van der Waals surface area contributed by atoms with Crippen molar-refractivity contribution in [3.8, 4) is 22.5 Å². The second-order valence-corrected chi connectivity index (χ2v) is 11.6. The van der Waals surface area contributed by atoms with Crippen LogP contribution in [0.2, 0.25) is 0 Å². The van der Waals surface area contributed by atoms with Crippen LogP contribution in [-0.2, 0) is 5.41 Å². The number of fused-ring (bicyclic) bond motifs is 9. The first kappa shape index (κ1) is 23.0. The van der Waals surface area contributed by atoms with Crippen molar-refractivity contribution in [1.29, 1.82) is 0 Å². The largest absolute Gasteiger partial charge is 0.455 e. The van der Waals surface area contributed by atoms with Gasteiger partial charge in [0.25, 0.3) is 0 Å². The first-order chi connectivity index (χ1) is 19.5.